The van der Waals surface area contributed by atoms with Crippen molar-refractivity contribution in [3.8, 4) is 5.75 Å². The van der Waals surface area contributed by atoms with Crippen LogP contribution in [0, 0.1) is 5.82 Å². The first-order valence-corrected chi connectivity index (χ1v) is 6.07. The van der Waals surface area contributed by atoms with Gasteiger partial charge in [0.25, 0.3) is 0 Å². The number of carbonyl (C=O) groups excluding carboxylic acids is 1. The zero-order valence-corrected chi connectivity index (χ0v) is 11.2. The van der Waals surface area contributed by atoms with Gasteiger partial charge in [-0.1, -0.05) is 0 Å². The second-order valence-corrected chi connectivity index (χ2v) is 4.46. The van der Waals surface area contributed by atoms with Gasteiger partial charge in [-0.2, -0.15) is 0 Å². The van der Waals surface area contributed by atoms with Gasteiger partial charge in [0, 0.05) is 0 Å². The van der Waals surface area contributed by atoms with Gasteiger partial charge < -0.3 is 9.15 Å². The zero-order valence-electron chi connectivity index (χ0n) is 9.65. The highest BCUT2D eigenvalue weighted by atomic mass is 79.9. The van der Waals surface area contributed by atoms with Gasteiger partial charge in [-0.05, 0) is 46.3 Å². The van der Waals surface area contributed by atoms with Gasteiger partial charge in [0.15, 0.2) is 5.76 Å². The fourth-order valence-corrected chi connectivity index (χ4v) is 1.73. The van der Waals surface area contributed by atoms with Crippen LogP contribution in [-0.4, -0.2) is 5.91 Å². The number of hydrogen-bond donors (Lipinski definition) is 2. The fraction of sp³-hybridized carbons (Fsp3) is 0.0833. The Labute approximate surface area is 116 Å². The van der Waals surface area contributed by atoms with Crippen molar-refractivity contribution in [2.24, 2.45) is 5.84 Å². The predicted octanol–water partition coefficient (Wildman–Crippen LogP) is 2.36. The molecule has 5 nitrogen and oxygen atoms in total. The summed E-state index contributed by atoms with van der Waals surface area (Å²) in [4.78, 5) is 11.2. The molecule has 7 heteroatoms. The molecule has 0 aliphatic rings. The Morgan fingerprint density at radius 1 is 1.42 bits per heavy atom. The van der Waals surface area contributed by atoms with E-state index >= 15 is 0 Å². The van der Waals surface area contributed by atoms with Crippen molar-refractivity contribution in [1.82, 2.24) is 5.43 Å². The fourth-order valence-electron chi connectivity index (χ4n) is 1.37. The molecule has 0 saturated heterocycles. The van der Waals surface area contributed by atoms with Crippen LogP contribution in [0.1, 0.15) is 16.3 Å². The van der Waals surface area contributed by atoms with Crippen LogP contribution in [0.25, 0.3) is 0 Å². The quantitative estimate of drug-likeness (QED) is 0.513. The first-order chi connectivity index (χ1) is 9.10. The Kier molecular flexibility index (Phi) is 4.18. The van der Waals surface area contributed by atoms with Crippen LogP contribution in [0.4, 0.5) is 4.39 Å². The van der Waals surface area contributed by atoms with Gasteiger partial charge in [0.05, 0.1) is 4.47 Å². The molecular formula is C12H10BrFN2O3. The van der Waals surface area contributed by atoms with E-state index in [1.165, 1.54) is 24.3 Å². The molecule has 19 heavy (non-hydrogen) atoms. The molecule has 0 saturated carbocycles. The minimum absolute atomic E-state index is 0.0985. The average Bonchev–Trinajstić information content (AvgIpc) is 2.88. The molecule has 1 aromatic carbocycles. The van der Waals surface area contributed by atoms with Gasteiger partial charge in [-0.15, -0.1) is 0 Å². The van der Waals surface area contributed by atoms with E-state index in [0.29, 0.717) is 16.0 Å². The summed E-state index contributed by atoms with van der Waals surface area (Å²) in [7, 11) is 0. The second-order valence-electron chi connectivity index (χ2n) is 3.60. The topological polar surface area (TPSA) is 77.5 Å². The number of nitrogens with two attached hydrogens (primary N) is 1. The Bertz CT molecular complexity index is 600. The molecule has 0 fully saturated rings. The maximum Gasteiger partial charge on any atom is 0.300 e. The van der Waals surface area contributed by atoms with Crippen LogP contribution in [0.3, 0.4) is 0 Å². The summed E-state index contributed by atoms with van der Waals surface area (Å²) in [6, 6.07) is 7.38. The maximum atomic E-state index is 13.0. The van der Waals surface area contributed by atoms with E-state index in [9.17, 15) is 9.18 Å². The lowest BCUT2D eigenvalue weighted by Gasteiger charge is -2.04. The number of carbonyl (C=O) groups is 1. The van der Waals surface area contributed by atoms with Gasteiger partial charge in [0.1, 0.15) is 23.9 Å². The van der Waals surface area contributed by atoms with Crippen LogP contribution in [0.15, 0.2) is 39.2 Å². The molecule has 3 N–H and O–H groups in total. The third-order valence-electron chi connectivity index (χ3n) is 2.29. The molecule has 0 spiro atoms. The van der Waals surface area contributed by atoms with Gasteiger partial charge in [-0.3, -0.25) is 10.2 Å². The standard InChI is InChI=1S/C12H10BrFN2O3/c13-9-5-7(1-3-10(9)14)18-6-8-2-4-11(19-8)12(17)16-15/h1-5H,6,15H2,(H,16,17). The van der Waals surface area contributed by atoms with Crippen LogP contribution in [0.2, 0.25) is 0 Å². The van der Waals surface area contributed by atoms with Crippen molar-refractivity contribution in [3.63, 3.8) is 0 Å². The SMILES string of the molecule is NNC(=O)c1ccc(COc2ccc(F)c(Br)c2)o1. The summed E-state index contributed by atoms with van der Waals surface area (Å²) in [5, 5.41) is 0. The summed E-state index contributed by atoms with van der Waals surface area (Å²) in [5.74, 6) is 5.13. The summed E-state index contributed by atoms with van der Waals surface area (Å²) >= 11 is 3.06. The minimum atomic E-state index is -0.518. The highest BCUT2D eigenvalue weighted by Gasteiger charge is 2.10. The molecule has 0 bridgehead atoms. The molecule has 0 unspecified atom stereocenters. The van der Waals surface area contributed by atoms with E-state index in [1.807, 2.05) is 5.43 Å². The number of hydrogen-bond acceptors (Lipinski definition) is 4. The Morgan fingerprint density at radius 3 is 2.89 bits per heavy atom. The molecule has 1 amide bonds. The molecule has 0 atom stereocenters. The minimum Gasteiger partial charge on any atom is -0.486 e. The van der Waals surface area contributed by atoms with Crippen LogP contribution >= 0.6 is 15.9 Å². The third-order valence-corrected chi connectivity index (χ3v) is 2.90. The van der Waals surface area contributed by atoms with Gasteiger partial charge in [-0.25, -0.2) is 10.2 Å². The number of nitrogens with one attached hydrogen (secondary N) is 1. The van der Waals surface area contributed by atoms with Gasteiger partial charge in [0.2, 0.25) is 0 Å². The van der Waals surface area contributed by atoms with E-state index in [4.69, 9.17) is 15.0 Å². The molecule has 1 heterocycles. The van der Waals surface area contributed by atoms with Gasteiger partial charge >= 0.3 is 5.91 Å². The monoisotopic (exact) mass is 328 g/mol. The van der Waals surface area contributed by atoms with E-state index < -0.39 is 5.91 Å². The van der Waals surface area contributed by atoms with E-state index in [1.54, 1.807) is 6.07 Å². The lowest BCUT2D eigenvalue weighted by Crippen LogP contribution is -2.29. The van der Waals surface area contributed by atoms with Crippen molar-refractivity contribution >= 4 is 21.8 Å². The van der Waals surface area contributed by atoms with Crippen LogP contribution in [0.5, 0.6) is 5.75 Å². The molecule has 2 rings (SSSR count). The number of hydrazine groups is 1. The molecule has 0 aliphatic heterocycles. The number of amides is 1. The van der Waals surface area contributed by atoms with Crippen molar-refractivity contribution in [1.29, 1.82) is 0 Å². The number of rotatable bonds is 4. The maximum absolute atomic E-state index is 13.0. The Morgan fingerprint density at radius 2 is 2.21 bits per heavy atom. The van der Waals surface area contributed by atoms with Crippen LogP contribution in [-0.2, 0) is 6.61 Å². The Balaban J connectivity index is 2.00. The second kappa shape index (κ2) is 5.85. The summed E-state index contributed by atoms with van der Waals surface area (Å²) in [5.41, 5.74) is 1.96. The molecular weight excluding hydrogens is 319 g/mol. The number of furan rings is 1. The lowest BCUT2D eigenvalue weighted by atomic mass is 10.3. The zero-order chi connectivity index (χ0) is 13.8. The predicted molar refractivity (Wildman–Crippen MR) is 68.8 cm³/mol. The van der Waals surface area contributed by atoms with Crippen molar-refractivity contribution < 1.29 is 18.3 Å². The number of benzene rings is 1. The van der Waals surface area contributed by atoms with E-state index in [0.717, 1.165) is 0 Å². The first-order valence-electron chi connectivity index (χ1n) is 5.27. The van der Waals surface area contributed by atoms with E-state index in [-0.39, 0.29) is 18.2 Å². The summed E-state index contributed by atoms with van der Waals surface area (Å²) in [6.07, 6.45) is 0. The largest absolute Gasteiger partial charge is 0.486 e. The molecule has 0 aliphatic carbocycles. The lowest BCUT2D eigenvalue weighted by molar-refractivity contribution is 0.0922. The Hall–Kier alpha value is -1.86. The first kappa shape index (κ1) is 13.6. The van der Waals surface area contributed by atoms with Crippen molar-refractivity contribution in [2.75, 3.05) is 0 Å². The molecule has 1 aromatic heterocycles. The molecule has 100 valence electrons. The average molecular weight is 329 g/mol. The summed E-state index contributed by atoms with van der Waals surface area (Å²) < 4.78 is 23.9. The third kappa shape index (κ3) is 3.33. The molecule has 0 radical (unpaired) electrons. The number of nitrogen functional groups attached to an aromatic ring is 1. The van der Waals surface area contributed by atoms with Crippen LogP contribution < -0.4 is 16.0 Å². The highest BCUT2D eigenvalue weighted by molar-refractivity contribution is 9.10. The number of halogens is 2. The normalized spacial score (nSPS) is 10.3. The smallest absolute Gasteiger partial charge is 0.300 e. The van der Waals surface area contributed by atoms with E-state index in [2.05, 4.69) is 15.9 Å². The van der Waals surface area contributed by atoms with Crippen molar-refractivity contribution in [3.05, 3.63) is 52.1 Å². The molecule has 2 aromatic rings. The highest BCUT2D eigenvalue weighted by Crippen LogP contribution is 2.22. The van der Waals surface area contributed by atoms with Crippen molar-refractivity contribution in [2.45, 2.75) is 6.61 Å². The number of ether oxygens (including phenoxy) is 1. The summed E-state index contributed by atoms with van der Waals surface area (Å²) in [6.45, 7) is 0.121.